The van der Waals surface area contributed by atoms with E-state index in [1.54, 1.807) is 0 Å². The molecule has 14 heavy (non-hydrogen) atoms. The first-order valence-electron chi connectivity index (χ1n) is 4.79. The Balaban J connectivity index is 2.30. The van der Waals surface area contributed by atoms with Crippen LogP contribution in [0.1, 0.15) is 26.2 Å². The number of amides is 1. The Morgan fingerprint density at radius 1 is 1.36 bits per heavy atom. The molecule has 1 rings (SSSR count). The molecule has 1 saturated carbocycles. The van der Waals surface area contributed by atoms with Crippen molar-refractivity contribution in [3.05, 3.63) is 12.2 Å². The van der Waals surface area contributed by atoms with Crippen LogP contribution in [-0.2, 0) is 9.59 Å². The third-order valence-corrected chi connectivity index (χ3v) is 2.42. The molecule has 0 spiro atoms. The van der Waals surface area contributed by atoms with Gasteiger partial charge in [-0.05, 0) is 25.2 Å². The van der Waals surface area contributed by atoms with Gasteiger partial charge in [0.25, 0.3) is 0 Å². The monoisotopic (exact) mass is 197 g/mol. The molecule has 0 bridgehead atoms. The molecule has 1 aliphatic carbocycles. The van der Waals surface area contributed by atoms with Gasteiger partial charge in [-0.1, -0.05) is 6.92 Å². The Morgan fingerprint density at radius 2 is 2.07 bits per heavy atom. The SMILES string of the molecule is CC1CCC(NC(=O)/C=C\C(=O)O)C1. The number of carboxylic acid groups (broad SMARTS) is 1. The van der Waals surface area contributed by atoms with Gasteiger partial charge in [-0.25, -0.2) is 4.79 Å². The number of aliphatic carboxylic acids is 1. The normalized spacial score (nSPS) is 26.6. The van der Waals surface area contributed by atoms with E-state index in [2.05, 4.69) is 12.2 Å². The molecule has 4 nitrogen and oxygen atoms in total. The van der Waals surface area contributed by atoms with Gasteiger partial charge in [0.05, 0.1) is 0 Å². The highest BCUT2D eigenvalue weighted by Gasteiger charge is 2.21. The quantitative estimate of drug-likeness (QED) is 0.661. The average Bonchev–Trinajstić information content (AvgIpc) is 2.48. The van der Waals surface area contributed by atoms with E-state index in [9.17, 15) is 9.59 Å². The summed E-state index contributed by atoms with van der Waals surface area (Å²) in [6.45, 7) is 2.15. The minimum Gasteiger partial charge on any atom is -0.478 e. The third-order valence-electron chi connectivity index (χ3n) is 2.42. The smallest absolute Gasteiger partial charge is 0.328 e. The van der Waals surface area contributed by atoms with Crippen LogP contribution in [0.2, 0.25) is 0 Å². The number of rotatable bonds is 3. The van der Waals surface area contributed by atoms with Crippen LogP contribution in [-0.4, -0.2) is 23.0 Å². The van der Waals surface area contributed by atoms with Crippen molar-refractivity contribution < 1.29 is 14.7 Å². The van der Waals surface area contributed by atoms with E-state index < -0.39 is 5.97 Å². The Kier molecular flexibility index (Phi) is 3.68. The molecule has 2 N–H and O–H groups in total. The Bertz CT molecular complexity index is 260. The zero-order valence-electron chi connectivity index (χ0n) is 8.19. The maximum absolute atomic E-state index is 11.1. The molecule has 0 aromatic rings. The molecule has 1 amide bonds. The highest BCUT2D eigenvalue weighted by Crippen LogP contribution is 2.24. The van der Waals surface area contributed by atoms with Gasteiger partial charge in [0.1, 0.15) is 0 Å². The molecular weight excluding hydrogens is 182 g/mol. The first-order valence-corrected chi connectivity index (χ1v) is 4.79. The maximum atomic E-state index is 11.1. The van der Waals surface area contributed by atoms with E-state index in [-0.39, 0.29) is 11.9 Å². The van der Waals surface area contributed by atoms with Crippen LogP contribution in [0.4, 0.5) is 0 Å². The second-order valence-electron chi connectivity index (χ2n) is 3.80. The van der Waals surface area contributed by atoms with Crippen molar-refractivity contribution in [3.8, 4) is 0 Å². The fourth-order valence-electron chi connectivity index (χ4n) is 1.73. The molecule has 0 saturated heterocycles. The van der Waals surface area contributed by atoms with Gasteiger partial charge >= 0.3 is 5.97 Å². The lowest BCUT2D eigenvalue weighted by atomic mass is 10.1. The van der Waals surface area contributed by atoms with Gasteiger partial charge in [-0.3, -0.25) is 4.79 Å². The Morgan fingerprint density at radius 3 is 2.57 bits per heavy atom. The molecule has 0 radical (unpaired) electrons. The van der Waals surface area contributed by atoms with Crippen LogP contribution in [0.15, 0.2) is 12.2 Å². The summed E-state index contributed by atoms with van der Waals surface area (Å²) in [5.41, 5.74) is 0. The van der Waals surface area contributed by atoms with Gasteiger partial charge < -0.3 is 10.4 Å². The summed E-state index contributed by atoms with van der Waals surface area (Å²) < 4.78 is 0. The number of carbonyl (C=O) groups is 2. The predicted molar refractivity (Wildman–Crippen MR) is 51.7 cm³/mol. The summed E-state index contributed by atoms with van der Waals surface area (Å²) in [7, 11) is 0. The zero-order valence-corrected chi connectivity index (χ0v) is 8.19. The summed E-state index contributed by atoms with van der Waals surface area (Å²) in [5, 5.41) is 11.1. The standard InChI is InChI=1S/C10H15NO3/c1-7-2-3-8(6-7)11-9(12)4-5-10(13)14/h4-5,7-8H,2-3,6H2,1H3,(H,11,12)(H,13,14)/b5-4-. The van der Waals surface area contributed by atoms with Crippen molar-refractivity contribution in [1.82, 2.24) is 5.32 Å². The minimum absolute atomic E-state index is 0.218. The molecule has 0 aromatic heterocycles. The summed E-state index contributed by atoms with van der Waals surface area (Å²) in [5.74, 6) is -0.754. The number of nitrogens with one attached hydrogen (secondary N) is 1. The second kappa shape index (κ2) is 4.79. The predicted octanol–water partition coefficient (Wildman–Crippen LogP) is 0.932. The molecule has 0 aliphatic heterocycles. The third kappa shape index (κ3) is 3.60. The first kappa shape index (κ1) is 10.8. The molecule has 2 atom stereocenters. The highest BCUT2D eigenvalue weighted by atomic mass is 16.4. The van der Waals surface area contributed by atoms with Crippen LogP contribution in [0, 0.1) is 5.92 Å². The number of hydrogen-bond acceptors (Lipinski definition) is 2. The topological polar surface area (TPSA) is 66.4 Å². The lowest BCUT2D eigenvalue weighted by Gasteiger charge is -2.09. The van der Waals surface area contributed by atoms with E-state index in [1.165, 1.54) is 0 Å². The molecular formula is C10H15NO3. The van der Waals surface area contributed by atoms with Gasteiger partial charge in [0.15, 0.2) is 0 Å². The molecule has 4 heteroatoms. The lowest BCUT2D eigenvalue weighted by molar-refractivity contribution is -0.131. The van der Waals surface area contributed by atoms with E-state index in [0.29, 0.717) is 5.92 Å². The van der Waals surface area contributed by atoms with Crippen molar-refractivity contribution in [2.75, 3.05) is 0 Å². The number of carbonyl (C=O) groups excluding carboxylic acids is 1. The number of carboxylic acids is 1. The summed E-state index contributed by atoms with van der Waals surface area (Å²) in [6, 6.07) is 0.218. The van der Waals surface area contributed by atoms with Gasteiger partial charge in [0.2, 0.25) is 5.91 Å². The lowest BCUT2D eigenvalue weighted by Crippen LogP contribution is -2.31. The van der Waals surface area contributed by atoms with E-state index in [0.717, 1.165) is 31.4 Å². The van der Waals surface area contributed by atoms with Crippen molar-refractivity contribution in [2.45, 2.75) is 32.2 Å². The first-order chi connectivity index (χ1) is 6.58. The Labute approximate surface area is 83.0 Å². The van der Waals surface area contributed by atoms with Crippen molar-refractivity contribution in [2.24, 2.45) is 5.92 Å². The summed E-state index contributed by atoms with van der Waals surface area (Å²) >= 11 is 0. The summed E-state index contributed by atoms with van der Waals surface area (Å²) in [6.07, 6.45) is 5.03. The fraction of sp³-hybridized carbons (Fsp3) is 0.600. The van der Waals surface area contributed by atoms with Crippen molar-refractivity contribution in [1.29, 1.82) is 0 Å². The molecule has 78 valence electrons. The van der Waals surface area contributed by atoms with Gasteiger partial charge in [0, 0.05) is 18.2 Å². The molecule has 0 heterocycles. The van der Waals surface area contributed by atoms with Crippen molar-refractivity contribution >= 4 is 11.9 Å². The average molecular weight is 197 g/mol. The fourth-order valence-corrected chi connectivity index (χ4v) is 1.73. The maximum Gasteiger partial charge on any atom is 0.328 e. The molecule has 2 unspecified atom stereocenters. The summed E-state index contributed by atoms with van der Waals surface area (Å²) in [4.78, 5) is 21.3. The Hall–Kier alpha value is -1.32. The van der Waals surface area contributed by atoms with Crippen LogP contribution in [0.5, 0.6) is 0 Å². The van der Waals surface area contributed by atoms with Crippen LogP contribution in [0.3, 0.4) is 0 Å². The van der Waals surface area contributed by atoms with Gasteiger partial charge in [-0.15, -0.1) is 0 Å². The van der Waals surface area contributed by atoms with E-state index in [1.807, 2.05) is 0 Å². The minimum atomic E-state index is -1.10. The van der Waals surface area contributed by atoms with Crippen LogP contribution >= 0.6 is 0 Å². The van der Waals surface area contributed by atoms with E-state index in [4.69, 9.17) is 5.11 Å². The highest BCUT2D eigenvalue weighted by molar-refractivity contribution is 5.93. The van der Waals surface area contributed by atoms with Crippen molar-refractivity contribution in [3.63, 3.8) is 0 Å². The second-order valence-corrected chi connectivity index (χ2v) is 3.80. The van der Waals surface area contributed by atoms with Crippen LogP contribution in [0.25, 0.3) is 0 Å². The van der Waals surface area contributed by atoms with Crippen LogP contribution < -0.4 is 5.32 Å². The zero-order chi connectivity index (χ0) is 10.6. The molecule has 0 aromatic carbocycles. The molecule has 1 aliphatic rings. The molecule has 1 fully saturated rings. The largest absolute Gasteiger partial charge is 0.478 e. The van der Waals surface area contributed by atoms with Gasteiger partial charge in [-0.2, -0.15) is 0 Å². The number of hydrogen-bond donors (Lipinski definition) is 2. The van der Waals surface area contributed by atoms with E-state index >= 15 is 0 Å².